The van der Waals surface area contributed by atoms with Crippen molar-refractivity contribution in [3.8, 4) is 5.75 Å². The lowest BCUT2D eigenvalue weighted by molar-refractivity contribution is -0.128. The molecule has 4 nitrogen and oxygen atoms in total. The van der Waals surface area contributed by atoms with E-state index in [2.05, 4.69) is 10.2 Å². The number of halogens is 1. The topological polar surface area (TPSA) is 41.6 Å². The van der Waals surface area contributed by atoms with Gasteiger partial charge in [-0.15, -0.1) is 11.6 Å². The summed E-state index contributed by atoms with van der Waals surface area (Å²) >= 11 is 5.82. The smallest absolute Gasteiger partial charge is 0.227 e. The van der Waals surface area contributed by atoms with E-state index in [0.717, 1.165) is 17.9 Å². The van der Waals surface area contributed by atoms with Crippen molar-refractivity contribution in [3.63, 3.8) is 0 Å². The average molecular weight is 339 g/mol. The van der Waals surface area contributed by atoms with E-state index in [1.165, 1.54) is 25.9 Å². The lowest BCUT2D eigenvalue weighted by Crippen LogP contribution is -2.37. The third-order valence-electron chi connectivity index (χ3n) is 4.18. The summed E-state index contributed by atoms with van der Waals surface area (Å²) in [5.74, 6) is 1.12. The summed E-state index contributed by atoms with van der Waals surface area (Å²) in [7, 11) is 0. The fourth-order valence-corrected chi connectivity index (χ4v) is 2.65. The summed E-state index contributed by atoms with van der Waals surface area (Å²) in [6.45, 7) is 8.22. The Morgan fingerprint density at radius 1 is 1.35 bits per heavy atom. The number of likely N-dealkylation sites (tertiary alicyclic amines) is 1. The van der Waals surface area contributed by atoms with E-state index in [4.69, 9.17) is 16.3 Å². The summed E-state index contributed by atoms with van der Waals surface area (Å²) in [6.07, 6.45) is 2.60. The van der Waals surface area contributed by atoms with E-state index >= 15 is 0 Å². The molecule has 1 aromatic carbocycles. The Morgan fingerprint density at radius 2 is 2.09 bits per heavy atom. The van der Waals surface area contributed by atoms with Crippen molar-refractivity contribution >= 4 is 17.5 Å². The van der Waals surface area contributed by atoms with Crippen LogP contribution >= 0.6 is 11.6 Å². The molecule has 1 fully saturated rings. The van der Waals surface area contributed by atoms with Crippen LogP contribution in [0.25, 0.3) is 0 Å². The highest BCUT2D eigenvalue weighted by molar-refractivity contribution is 6.19. The number of carbonyl (C=O) groups excluding carboxylic acids is 1. The Morgan fingerprint density at radius 3 is 2.78 bits per heavy atom. The lowest BCUT2D eigenvalue weighted by atomic mass is 9.95. The van der Waals surface area contributed by atoms with Crippen LogP contribution in [-0.4, -0.2) is 42.9 Å². The van der Waals surface area contributed by atoms with Crippen LogP contribution in [0.1, 0.15) is 32.3 Å². The summed E-state index contributed by atoms with van der Waals surface area (Å²) in [5.41, 5.74) is 0.480. The van der Waals surface area contributed by atoms with Gasteiger partial charge in [0.2, 0.25) is 5.91 Å². The molecule has 1 heterocycles. The number of alkyl halides is 1. The largest absolute Gasteiger partial charge is 0.492 e. The summed E-state index contributed by atoms with van der Waals surface area (Å²) in [5, 5.41) is 2.93. The van der Waals surface area contributed by atoms with Crippen LogP contribution in [0.2, 0.25) is 0 Å². The summed E-state index contributed by atoms with van der Waals surface area (Å²) in [4.78, 5) is 14.5. The highest BCUT2D eigenvalue weighted by Gasteiger charge is 2.25. The number of ether oxygens (including phenoxy) is 1. The molecule has 1 aliphatic rings. The maximum Gasteiger partial charge on any atom is 0.227 e. The van der Waals surface area contributed by atoms with Gasteiger partial charge in [0, 0.05) is 19.0 Å². The van der Waals surface area contributed by atoms with E-state index in [0.29, 0.717) is 19.0 Å². The van der Waals surface area contributed by atoms with Gasteiger partial charge in [-0.05, 0) is 57.5 Å². The first-order chi connectivity index (χ1) is 11.0. The Balaban J connectivity index is 1.78. The molecule has 0 spiro atoms. The molecule has 0 radical (unpaired) electrons. The second kappa shape index (κ2) is 8.55. The van der Waals surface area contributed by atoms with Crippen molar-refractivity contribution < 1.29 is 9.53 Å². The first-order valence-corrected chi connectivity index (χ1v) is 8.83. The minimum atomic E-state index is -0.550. The van der Waals surface area contributed by atoms with Crippen molar-refractivity contribution in [2.75, 3.05) is 32.1 Å². The van der Waals surface area contributed by atoms with Crippen molar-refractivity contribution in [1.82, 2.24) is 10.2 Å². The SMILES string of the molecule is CC(C)(CCl)C(=O)NCc1cccc(OCCN2CCCC2)c1. The van der Waals surface area contributed by atoms with Crippen molar-refractivity contribution in [3.05, 3.63) is 29.8 Å². The lowest BCUT2D eigenvalue weighted by Gasteiger charge is -2.20. The zero-order valence-corrected chi connectivity index (χ0v) is 14.9. The van der Waals surface area contributed by atoms with Gasteiger partial charge in [-0.25, -0.2) is 0 Å². The van der Waals surface area contributed by atoms with Crippen LogP contribution in [-0.2, 0) is 11.3 Å². The zero-order chi connectivity index (χ0) is 16.7. The van der Waals surface area contributed by atoms with E-state index in [-0.39, 0.29) is 5.91 Å². The minimum absolute atomic E-state index is 0.0344. The van der Waals surface area contributed by atoms with Gasteiger partial charge in [0.05, 0.1) is 5.41 Å². The number of hydrogen-bond donors (Lipinski definition) is 1. The number of carbonyl (C=O) groups is 1. The molecule has 0 atom stereocenters. The minimum Gasteiger partial charge on any atom is -0.492 e. The van der Waals surface area contributed by atoms with Crippen LogP contribution in [0, 0.1) is 5.41 Å². The fraction of sp³-hybridized carbons (Fsp3) is 0.611. The van der Waals surface area contributed by atoms with Gasteiger partial charge in [-0.1, -0.05) is 12.1 Å². The Hall–Kier alpha value is -1.26. The maximum absolute atomic E-state index is 12.0. The van der Waals surface area contributed by atoms with Crippen LogP contribution in [0.4, 0.5) is 0 Å². The Labute approximate surface area is 144 Å². The highest BCUT2D eigenvalue weighted by Crippen LogP contribution is 2.18. The standard InChI is InChI=1S/C18H27ClN2O2/c1-18(2,14-19)17(22)20-13-15-6-5-7-16(12-15)23-11-10-21-8-3-4-9-21/h5-7,12H,3-4,8-11,13-14H2,1-2H3,(H,20,22). The number of nitrogens with one attached hydrogen (secondary N) is 1. The van der Waals surface area contributed by atoms with Crippen molar-refractivity contribution in [2.24, 2.45) is 5.41 Å². The van der Waals surface area contributed by atoms with Gasteiger partial charge in [-0.3, -0.25) is 9.69 Å². The molecule has 0 aromatic heterocycles. The molecule has 2 rings (SSSR count). The third kappa shape index (κ3) is 5.70. The van der Waals surface area contributed by atoms with Gasteiger partial charge in [-0.2, -0.15) is 0 Å². The predicted molar refractivity (Wildman–Crippen MR) is 94.0 cm³/mol. The van der Waals surface area contributed by atoms with Gasteiger partial charge in [0.25, 0.3) is 0 Å². The van der Waals surface area contributed by atoms with Gasteiger partial charge in [0.1, 0.15) is 12.4 Å². The predicted octanol–water partition coefficient (Wildman–Crippen LogP) is 3.04. The molecule has 1 saturated heterocycles. The third-order valence-corrected chi connectivity index (χ3v) is 4.84. The molecule has 5 heteroatoms. The van der Waals surface area contributed by atoms with Gasteiger partial charge < -0.3 is 10.1 Å². The summed E-state index contributed by atoms with van der Waals surface area (Å²) in [6, 6.07) is 7.89. The average Bonchev–Trinajstić information content (AvgIpc) is 3.06. The molecule has 23 heavy (non-hydrogen) atoms. The highest BCUT2D eigenvalue weighted by atomic mass is 35.5. The first kappa shape index (κ1) is 18.1. The second-order valence-electron chi connectivity index (χ2n) is 6.74. The van der Waals surface area contributed by atoms with E-state index in [1.54, 1.807) is 0 Å². The molecule has 0 saturated carbocycles. The number of nitrogens with zero attached hydrogens (tertiary/aromatic N) is 1. The molecular formula is C18H27ClN2O2. The molecule has 1 N–H and O–H groups in total. The summed E-state index contributed by atoms with van der Waals surface area (Å²) < 4.78 is 5.83. The molecule has 1 aliphatic heterocycles. The van der Waals surface area contributed by atoms with Crippen LogP contribution in [0.3, 0.4) is 0 Å². The molecule has 128 valence electrons. The number of rotatable bonds is 8. The Bertz CT molecular complexity index is 513. The van der Waals surface area contributed by atoms with Gasteiger partial charge in [0.15, 0.2) is 0 Å². The van der Waals surface area contributed by atoms with E-state index in [9.17, 15) is 4.79 Å². The van der Waals surface area contributed by atoms with Crippen LogP contribution in [0.5, 0.6) is 5.75 Å². The molecule has 0 bridgehead atoms. The normalized spacial score (nSPS) is 15.6. The van der Waals surface area contributed by atoms with Crippen molar-refractivity contribution in [1.29, 1.82) is 0 Å². The number of hydrogen-bond acceptors (Lipinski definition) is 3. The molecular weight excluding hydrogens is 312 g/mol. The van der Waals surface area contributed by atoms with Gasteiger partial charge >= 0.3 is 0 Å². The molecule has 1 aromatic rings. The number of amides is 1. The van der Waals surface area contributed by atoms with Crippen molar-refractivity contribution in [2.45, 2.75) is 33.2 Å². The zero-order valence-electron chi connectivity index (χ0n) is 14.1. The Kier molecular flexibility index (Phi) is 6.72. The van der Waals surface area contributed by atoms with Crippen LogP contribution < -0.4 is 10.1 Å². The number of benzene rings is 1. The van der Waals surface area contributed by atoms with E-state index < -0.39 is 5.41 Å². The second-order valence-corrected chi connectivity index (χ2v) is 7.01. The molecule has 0 aliphatic carbocycles. The fourth-order valence-electron chi connectivity index (χ4n) is 2.53. The van der Waals surface area contributed by atoms with E-state index in [1.807, 2.05) is 38.1 Å². The first-order valence-electron chi connectivity index (χ1n) is 8.29. The maximum atomic E-state index is 12.0. The van der Waals surface area contributed by atoms with Crippen LogP contribution in [0.15, 0.2) is 24.3 Å². The quantitative estimate of drug-likeness (QED) is 0.741. The molecule has 0 unspecified atom stereocenters. The molecule has 1 amide bonds. The monoisotopic (exact) mass is 338 g/mol.